The molecule has 15 heavy (non-hydrogen) atoms. The zero-order valence-electron chi connectivity index (χ0n) is 9.50. The largest absolute Gasteiger partial charge is 0.394 e. The van der Waals surface area contributed by atoms with Crippen molar-refractivity contribution in [3.63, 3.8) is 0 Å². The molecule has 0 unspecified atom stereocenters. The lowest BCUT2D eigenvalue weighted by atomic mass is 9.93. The Balaban J connectivity index is 0.000000583. The smallest absolute Gasteiger partial charge is 0.160 e. The average Bonchev–Trinajstić information content (AvgIpc) is 2.21. The van der Waals surface area contributed by atoms with Crippen molar-refractivity contribution >= 4 is 0 Å². The number of ether oxygens (including phenoxy) is 1. The topological polar surface area (TPSA) is 90.2 Å². The number of hydrogen-bond acceptors (Lipinski definition) is 5. The van der Waals surface area contributed by atoms with Crippen molar-refractivity contribution in [2.45, 2.75) is 51.8 Å². The maximum absolute atomic E-state index is 9.32. The summed E-state index contributed by atoms with van der Waals surface area (Å²) in [6.07, 6.45) is -2.95. The van der Waals surface area contributed by atoms with Gasteiger partial charge in [0.25, 0.3) is 0 Å². The lowest BCUT2D eigenvalue weighted by Gasteiger charge is -2.38. The van der Waals surface area contributed by atoms with Crippen molar-refractivity contribution in [1.82, 2.24) is 0 Å². The highest BCUT2D eigenvalue weighted by Gasteiger charge is 2.40. The van der Waals surface area contributed by atoms with Crippen LogP contribution in [0.15, 0.2) is 0 Å². The van der Waals surface area contributed by atoms with E-state index in [1.165, 1.54) is 6.42 Å². The van der Waals surface area contributed by atoms with Crippen LogP contribution in [0.3, 0.4) is 0 Å². The van der Waals surface area contributed by atoms with Gasteiger partial charge in [-0.25, -0.2) is 0 Å². The highest BCUT2D eigenvalue weighted by molar-refractivity contribution is 4.86. The molecule has 0 saturated carbocycles. The molecule has 0 aromatic rings. The van der Waals surface area contributed by atoms with E-state index in [4.69, 9.17) is 14.9 Å². The van der Waals surface area contributed by atoms with Crippen molar-refractivity contribution in [2.24, 2.45) is 5.92 Å². The van der Waals surface area contributed by atoms with Gasteiger partial charge in [-0.3, -0.25) is 0 Å². The summed E-state index contributed by atoms with van der Waals surface area (Å²) in [4.78, 5) is 0. The first-order chi connectivity index (χ1) is 6.99. The molecule has 5 atom stereocenters. The van der Waals surface area contributed by atoms with E-state index in [-0.39, 0.29) is 0 Å². The third kappa shape index (κ3) is 4.04. The second-order valence-corrected chi connectivity index (χ2v) is 3.80. The summed E-state index contributed by atoms with van der Waals surface area (Å²) in [5, 5.41) is 36.4. The van der Waals surface area contributed by atoms with Crippen LogP contribution in [0.4, 0.5) is 0 Å². The van der Waals surface area contributed by atoms with Crippen LogP contribution in [-0.4, -0.2) is 51.6 Å². The molecule has 4 N–H and O–H groups in total. The first kappa shape index (κ1) is 14.8. The Hall–Kier alpha value is -0.200. The molecule has 0 amide bonds. The second kappa shape index (κ2) is 7.14. The van der Waals surface area contributed by atoms with Gasteiger partial charge in [-0.2, -0.15) is 0 Å². The molecule has 0 radical (unpaired) electrons. The van der Waals surface area contributed by atoms with Gasteiger partial charge < -0.3 is 25.2 Å². The van der Waals surface area contributed by atoms with E-state index in [0.717, 1.165) is 0 Å². The van der Waals surface area contributed by atoms with Crippen LogP contribution in [0.1, 0.15) is 27.2 Å². The van der Waals surface area contributed by atoms with Gasteiger partial charge in [0.05, 0.1) is 12.7 Å². The molecule has 1 rings (SSSR count). The van der Waals surface area contributed by atoms with E-state index in [0.29, 0.717) is 0 Å². The third-order valence-corrected chi connectivity index (χ3v) is 2.21. The predicted octanol–water partition coefficient (Wildman–Crippen LogP) is -0.530. The van der Waals surface area contributed by atoms with E-state index in [9.17, 15) is 10.2 Å². The number of aliphatic hydroxyl groups excluding tert-OH is 4. The van der Waals surface area contributed by atoms with E-state index in [2.05, 4.69) is 13.8 Å². The Morgan fingerprint density at radius 1 is 1.07 bits per heavy atom. The summed E-state index contributed by atoms with van der Waals surface area (Å²) in [7, 11) is 0. The number of aliphatic hydroxyl groups is 4. The van der Waals surface area contributed by atoms with Crippen molar-refractivity contribution in [2.75, 3.05) is 6.61 Å². The minimum Gasteiger partial charge on any atom is -0.394 e. The summed E-state index contributed by atoms with van der Waals surface area (Å²) in [6, 6.07) is 0. The molecule has 1 fully saturated rings. The van der Waals surface area contributed by atoms with Gasteiger partial charge in [-0.15, -0.1) is 0 Å². The van der Waals surface area contributed by atoms with Gasteiger partial charge in [-0.05, 0) is 0 Å². The fourth-order valence-corrected chi connectivity index (χ4v) is 1.23. The van der Waals surface area contributed by atoms with E-state index >= 15 is 0 Å². The standard InChI is InChI=1S/C7H14O5.C3H8/c1-3-5(9)6(10)4(2-8)12-7(3)11;1-3-2/h3-11H,2H2,1H3;3H2,1-2H3/t3-,4-,5-,6-,7+;/m0./s1. The Bertz CT molecular complexity index is 159. The molecule has 1 saturated heterocycles. The maximum atomic E-state index is 9.32. The Kier molecular flexibility index (Phi) is 7.04. The second-order valence-electron chi connectivity index (χ2n) is 3.80. The Morgan fingerprint density at radius 2 is 1.53 bits per heavy atom. The number of hydrogen-bond donors (Lipinski definition) is 4. The summed E-state index contributed by atoms with van der Waals surface area (Å²) < 4.78 is 4.83. The van der Waals surface area contributed by atoms with Crippen molar-refractivity contribution in [3.05, 3.63) is 0 Å². The van der Waals surface area contributed by atoms with Crippen LogP contribution in [0.2, 0.25) is 0 Å². The summed E-state index contributed by atoms with van der Waals surface area (Å²) in [6.45, 7) is 5.40. The molecule has 0 aliphatic carbocycles. The minimum atomic E-state index is -1.13. The fourth-order valence-electron chi connectivity index (χ4n) is 1.23. The van der Waals surface area contributed by atoms with E-state index < -0.39 is 37.1 Å². The van der Waals surface area contributed by atoms with Gasteiger partial charge in [0, 0.05) is 5.92 Å². The van der Waals surface area contributed by atoms with Crippen LogP contribution in [0, 0.1) is 5.92 Å². The number of rotatable bonds is 1. The van der Waals surface area contributed by atoms with Crippen LogP contribution < -0.4 is 0 Å². The highest BCUT2D eigenvalue weighted by atomic mass is 16.6. The molecular weight excluding hydrogens is 200 g/mol. The molecule has 0 bridgehead atoms. The minimum absolute atomic E-state index is 0.415. The van der Waals surface area contributed by atoms with Gasteiger partial charge in [0.2, 0.25) is 0 Å². The Labute approximate surface area is 90.3 Å². The molecule has 92 valence electrons. The lowest BCUT2D eigenvalue weighted by molar-refractivity contribution is -0.266. The van der Waals surface area contributed by atoms with Crippen LogP contribution in [0.25, 0.3) is 0 Å². The quantitative estimate of drug-likeness (QED) is 0.479. The van der Waals surface area contributed by atoms with Crippen molar-refractivity contribution in [1.29, 1.82) is 0 Å². The van der Waals surface area contributed by atoms with E-state index in [1.54, 1.807) is 6.92 Å². The monoisotopic (exact) mass is 222 g/mol. The zero-order valence-corrected chi connectivity index (χ0v) is 9.50. The first-order valence-electron chi connectivity index (χ1n) is 5.30. The summed E-state index contributed by atoms with van der Waals surface area (Å²) >= 11 is 0. The van der Waals surface area contributed by atoms with Crippen molar-refractivity contribution < 1.29 is 25.2 Å². The average molecular weight is 222 g/mol. The van der Waals surface area contributed by atoms with Gasteiger partial charge in [0.15, 0.2) is 6.29 Å². The highest BCUT2D eigenvalue weighted by Crippen LogP contribution is 2.23. The molecular formula is C10H22O5. The molecule has 0 aromatic carbocycles. The van der Waals surface area contributed by atoms with E-state index in [1.807, 2.05) is 0 Å². The van der Waals surface area contributed by atoms with Crippen LogP contribution in [-0.2, 0) is 4.74 Å². The summed E-state index contributed by atoms with van der Waals surface area (Å²) in [5.74, 6) is -0.539. The maximum Gasteiger partial charge on any atom is 0.160 e. The molecule has 1 aliphatic rings. The zero-order chi connectivity index (χ0) is 12.0. The fraction of sp³-hybridized carbons (Fsp3) is 1.00. The predicted molar refractivity (Wildman–Crippen MR) is 55.1 cm³/mol. The van der Waals surface area contributed by atoms with Crippen LogP contribution in [0.5, 0.6) is 0 Å². The van der Waals surface area contributed by atoms with Crippen LogP contribution >= 0.6 is 0 Å². The van der Waals surface area contributed by atoms with Gasteiger partial charge in [0.1, 0.15) is 12.2 Å². The SMILES string of the molecule is CCC.C[C@H]1[C@H](O)[C@@H](O)[C@H](CO)O[C@H]1O. The lowest BCUT2D eigenvalue weighted by Crippen LogP contribution is -2.54. The molecule has 0 aromatic heterocycles. The first-order valence-corrected chi connectivity index (χ1v) is 5.30. The normalized spacial score (nSPS) is 40.6. The third-order valence-electron chi connectivity index (χ3n) is 2.21. The molecule has 0 spiro atoms. The molecule has 1 aliphatic heterocycles. The Morgan fingerprint density at radius 3 is 1.93 bits per heavy atom. The molecule has 5 heteroatoms. The van der Waals surface area contributed by atoms with Crippen molar-refractivity contribution in [3.8, 4) is 0 Å². The van der Waals surface area contributed by atoms with Gasteiger partial charge in [-0.1, -0.05) is 27.2 Å². The molecule has 1 heterocycles. The van der Waals surface area contributed by atoms with Gasteiger partial charge >= 0.3 is 0 Å². The molecule has 5 nitrogen and oxygen atoms in total. The summed E-state index contributed by atoms with van der Waals surface area (Å²) in [5.41, 5.74) is 0.